The fraction of sp³-hybridized carbons (Fsp3) is 0.882. The van der Waals surface area contributed by atoms with Crippen molar-refractivity contribution in [1.82, 2.24) is 0 Å². The van der Waals surface area contributed by atoms with Gasteiger partial charge in [-0.2, -0.15) is 110 Å². The number of hydrogen-bond donors (Lipinski definition) is 0. The second-order valence-corrected chi connectivity index (χ2v) is 8.13. The fourth-order valence-corrected chi connectivity index (χ4v) is 2.61. The fourth-order valence-electron chi connectivity index (χ4n) is 2.61. The smallest absolute Gasteiger partial charge is 0.200 e. The van der Waals surface area contributed by atoms with Crippen molar-refractivity contribution in [1.29, 1.82) is 0 Å². The van der Waals surface area contributed by atoms with Gasteiger partial charge in [-0.15, -0.1) is 6.58 Å². The van der Waals surface area contributed by atoms with Crippen molar-refractivity contribution in [2.45, 2.75) is 90.6 Å². The predicted octanol–water partition coefficient (Wildman–Crippen LogP) is 9.89. The molecule has 0 unspecified atom stereocenters. The Labute approximate surface area is 214 Å². The van der Waals surface area contributed by atoms with Crippen LogP contribution in [0.5, 0.6) is 0 Å². The van der Waals surface area contributed by atoms with Crippen LogP contribution >= 0.6 is 0 Å². The molecule has 0 saturated heterocycles. The lowest BCUT2D eigenvalue weighted by Crippen LogP contribution is -2.78. The second-order valence-electron chi connectivity index (χ2n) is 8.13. The minimum Gasteiger partial charge on any atom is -0.200 e. The summed E-state index contributed by atoms with van der Waals surface area (Å²) in [5.41, 5.74) is 0. The first-order valence-electron chi connectivity index (χ1n) is 9.64. The Hall–Kier alpha value is -2.01. The number of allylic oxidation sites excluding steroid dienone is 1. The summed E-state index contributed by atoms with van der Waals surface area (Å²) in [6, 6.07) is 0. The highest BCUT2D eigenvalue weighted by atomic mass is 19.4. The Bertz CT molecular complexity index is 966. The molecule has 0 saturated carbocycles. The van der Waals surface area contributed by atoms with Crippen LogP contribution in [0.15, 0.2) is 12.7 Å². The number of rotatable bonds is 14. The molecule has 0 aromatic rings. The van der Waals surface area contributed by atoms with E-state index in [1.165, 1.54) is 0 Å². The first-order chi connectivity index (χ1) is 17.8. The minimum atomic E-state index is -9.57. The number of alkyl halides is 25. The molecule has 0 aliphatic carbocycles. The molecule has 42 heavy (non-hydrogen) atoms. The zero-order chi connectivity index (χ0) is 34.8. The quantitative estimate of drug-likeness (QED) is 0.0969. The average molecular weight is 688 g/mol. The summed E-state index contributed by atoms with van der Waals surface area (Å²) >= 11 is 0. The summed E-state index contributed by atoms with van der Waals surface area (Å²) in [4.78, 5) is 0. The monoisotopic (exact) mass is 688 g/mol. The van der Waals surface area contributed by atoms with Crippen molar-refractivity contribution in [3.8, 4) is 0 Å². The Balaban J connectivity index is 7.22. The lowest BCUT2D eigenvalue weighted by Gasteiger charge is -2.45. The maximum Gasteiger partial charge on any atom is 0.460 e. The standard InChI is InChI=1S/C17H9F25/c1-2-3-4-5-6(18,19)7(20,21)8(22,23)9(24,25)10(26,27)11(28,29)12(30,31)13(32,33)14(34,35)15(36,37)16(38,39)17(40,41)42/h2H,1,3-5H2. The largest absolute Gasteiger partial charge is 0.460 e. The van der Waals surface area contributed by atoms with Crippen LogP contribution in [0.3, 0.4) is 0 Å². The molecule has 0 heterocycles. The normalized spacial score (nSPS) is 16.6. The van der Waals surface area contributed by atoms with Gasteiger partial charge >= 0.3 is 71.3 Å². The topological polar surface area (TPSA) is 0 Å². The Morgan fingerprint density at radius 3 is 0.762 bits per heavy atom. The maximum absolute atomic E-state index is 13.7. The van der Waals surface area contributed by atoms with E-state index >= 15 is 0 Å². The minimum absolute atomic E-state index is 0.571. The van der Waals surface area contributed by atoms with E-state index in [2.05, 4.69) is 6.58 Å². The molecular weight excluding hydrogens is 679 g/mol. The van der Waals surface area contributed by atoms with Crippen molar-refractivity contribution in [2.75, 3.05) is 0 Å². The summed E-state index contributed by atoms with van der Waals surface area (Å²) < 4.78 is 332. The van der Waals surface area contributed by atoms with Crippen LogP contribution in [0, 0.1) is 0 Å². The van der Waals surface area contributed by atoms with Gasteiger partial charge in [-0.3, -0.25) is 0 Å². The van der Waals surface area contributed by atoms with Gasteiger partial charge in [0.2, 0.25) is 0 Å². The second kappa shape index (κ2) is 10.3. The zero-order valence-corrected chi connectivity index (χ0v) is 18.9. The summed E-state index contributed by atoms with van der Waals surface area (Å²) in [6.07, 6.45) is -12.6. The van der Waals surface area contributed by atoms with Crippen molar-refractivity contribution in [3.63, 3.8) is 0 Å². The van der Waals surface area contributed by atoms with E-state index in [4.69, 9.17) is 0 Å². The molecule has 0 bridgehead atoms. The summed E-state index contributed by atoms with van der Waals surface area (Å²) in [7, 11) is 0. The molecule has 0 nitrogen and oxygen atoms in total. The highest BCUT2D eigenvalue weighted by Crippen LogP contribution is 2.67. The molecule has 0 aromatic heterocycles. The third-order valence-electron chi connectivity index (χ3n) is 5.26. The molecule has 0 atom stereocenters. The number of halogens is 25. The zero-order valence-electron chi connectivity index (χ0n) is 18.9. The van der Waals surface area contributed by atoms with Crippen molar-refractivity contribution >= 4 is 0 Å². The van der Waals surface area contributed by atoms with Gasteiger partial charge in [0.15, 0.2) is 0 Å². The Morgan fingerprint density at radius 1 is 0.333 bits per heavy atom. The van der Waals surface area contributed by atoms with Crippen LogP contribution in [-0.4, -0.2) is 71.3 Å². The molecule has 0 aliphatic rings. The number of unbranched alkanes of at least 4 members (excludes halogenated alkanes) is 1. The van der Waals surface area contributed by atoms with Gasteiger partial charge in [-0.05, 0) is 12.8 Å². The van der Waals surface area contributed by atoms with E-state index < -0.39 is 90.6 Å². The van der Waals surface area contributed by atoms with E-state index in [0.29, 0.717) is 6.08 Å². The molecule has 0 N–H and O–H groups in total. The van der Waals surface area contributed by atoms with Gasteiger partial charge in [0, 0.05) is 6.42 Å². The van der Waals surface area contributed by atoms with Gasteiger partial charge in [0.1, 0.15) is 0 Å². The highest BCUT2D eigenvalue weighted by molar-refractivity contribution is 5.19. The number of hydrogen-bond acceptors (Lipinski definition) is 0. The Kier molecular flexibility index (Phi) is 9.79. The van der Waals surface area contributed by atoms with Gasteiger partial charge < -0.3 is 0 Å². The first-order valence-corrected chi connectivity index (χ1v) is 9.64. The van der Waals surface area contributed by atoms with Crippen LogP contribution in [0.2, 0.25) is 0 Å². The van der Waals surface area contributed by atoms with E-state index in [9.17, 15) is 110 Å². The third-order valence-corrected chi connectivity index (χ3v) is 5.26. The van der Waals surface area contributed by atoms with Gasteiger partial charge in [0.25, 0.3) is 0 Å². The molecule has 0 fully saturated rings. The average Bonchev–Trinajstić information content (AvgIpc) is 2.76. The predicted molar refractivity (Wildman–Crippen MR) is 84.5 cm³/mol. The van der Waals surface area contributed by atoms with Crippen molar-refractivity contribution < 1.29 is 110 Å². The molecule has 252 valence electrons. The van der Waals surface area contributed by atoms with Gasteiger partial charge in [-0.1, -0.05) is 6.08 Å². The Morgan fingerprint density at radius 2 is 0.548 bits per heavy atom. The maximum atomic E-state index is 13.7. The van der Waals surface area contributed by atoms with Crippen LogP contribution in [-0.2, 0) is 0 Å². The molecule has 0 rings (SSSR count). The molecule has 0 radical (unpaired) electrons. The van der Waals surface area contributed by atoms with Gasteiger partial charge in [0.05, 0.1) is 0 Å². The SMILES string of the molecule is C=CCCCC(F)(F)C(F)(F)C(F)(F)C(F)(F)C(F)(F)C(F)(F)C(F)(F)C(F)(F)C(F)(F)C(F)(F)C(F)(F)C(F)(F)F. The van der Waals surface area contributed by atoms with E-state index in [1.54, 1.807) is 0 Å². The van der Waals surface area contributed by atoms with Crippen LogP contribution in [0.1, 0.15) is 19.3 Å². The van der Waals surface area contributed by atoms with E-state index in [-0.39, 0.29) is 0 Å². The van der Waals surface area contributed by atoms with Crippen molar-refractivity contribution in [2.24, 2.45) is 0 Å². The summed E-state index contributed by atoms with van der Waals surface area (Å²) in [5.74, 6) is -97.7. The highest BCUT2D eigenvalue weighted by Gasteiger charge is 2.99. The van der Waals surface area contributed by atoms with Crippen molar-refractivity contribution in [3.05, 3.63) is 12.7 Å². The van der Waals surface area contributed by atoms with Crippen LogP contribution in [0.4, 0.5) is 110 Å². The molecule has 0 amide bonds. The van der Waals surface area contributed by atoms with E-state index in [0.717, 1.165) is 0 Å². The molecule has 0 spiro atoms. The first kappa shape index (κ1) is 40.0. The lowest BCUT2D eigenvalue weighted by molar-refractivity contribution is -0.482. The molecule has 25 heteroatoms. The van der Waals surface area contributed by atoms with E-state index in [1.807, 2.05) is 0 Å². The molecule has 0 aliphatic heterocycles. The van der Waals surface area contributed by atoms with Crippen LogP contribution in [0.25, 0.3) is 0 Å². The van der Waals surface area contributed by atoms with Crippen LogP contribution < -0.4 is 0 Å². The lowest BCUT2D eigenvalue weighted by atomic mass is 9.84. The van der Waals surface area contributed by atoms with Gasteiger partial charge in [-0.25, -0.2) is 0 Å². The molecule has 0 aromatic carbocycles. The summed E-state index contributed by atoms with van der Waals surface area (Å²) in [6.45, 7) is 2.78. The third kappa shape index (κ3) is 4.90. The molecular formula is C17H9F25. The summed E-state index contributed by atoms with van der Waals surface area (Å²) in [5, 5.41) is 0.